The fourth-order valence-corrected chi connectivity index (χ4v) is 9.03. The van der Waals surface area contributed by atoms with Gasteiger partial charge in [0.05, 0.1) is 5.56 Å². The normalized spacial score (nSPS) is 45.3. The lowest BCUT2D eigenvalue weighted by Gasteiger charge is -2.62. The Bertz CT molecular complexity index is 893. The second-order valence-corrected chi connectivity index (χ2v) is 12.4. The van der Waals surface area contributed by atoms with Crippen LogP contribution in [-0.4, -0.2) is 17.4 Å². The van der Waals surface area contributed by atoms with Crippen LogP contribution in [0.15, 0.2) is 30.3 Å². The quantitative estimate of drug-likeness (QED) is 0.487. The zero-order valence-corrected chi connectivity index (χ0v) is 20.4. The standard InChI is InChI=1S/C29H40O3/c1-19(30)23-12-13-24-22-11-10-21-18-27(2,32-26(31)20-8-6-5-7-9-20)16-17-28(21,3)25(22)14-15-29(23,24)4/h5-9,21-25H,10-18H2,1-4H3/t21-,22-,23+,24-,25-,27+,28-,29+/m0/s1. The van der Waals surface area contributed by atoms with E-state index < -0.39 is 0 Å². The SMILES string of the molecule is CC(=O)[C@H]1CC[C@H]2[C@@H]3CC[C@H]4C[C@](C)(OC(=O)c5ccccc5)CC[C@]4(C)[C@H]3CC[C@]12C. The van der Waals surface area contributed by atoms with Crippen molar-refractivity contribution in [2.24, 2.45) is 40.4 Å². The molecule has 4 aliphatic rings. The molecule has 3 heteroatoms. The van der Waals surface area contributed by atoms with Crippen molar-refractivity contribution < 1.29 is 14.3 Å². The summed E-state index contributed by atoms with van der Waals surface area (Å²) in [4.78, 5) is 25.2. The number of carbonyl (C=O) groups excluding carboxylic acids is 2. The van der Waals surface area contributed by atoms with Crippen molar-refractivity contribution in [1.29, 1.82) is 0 Å². The second-order valence-electron chi connectivity index (χ2n) is 12.4. The van der Waals surface area contributed by atoms with Gasteiger partial charge < -0.3 is 4.74 Å². The molecule has 174 valence electrons. The van der Waals surface area contributed by atoms with E-state index in [1.807, 2.05) is 37.3 Å². The smallest absolute Gasteiger partial charge is 0.338 e. The minimum atomic E-state index is -0.361. The molecule has 0 heterocycles. The van der Waals surface area contributed by atoms with E-state index in [1.54, 1.807) is 0 Å². The molecule has 0 amide bonds. The Morgan fingerprint density at radius 2 is 1.56 bits per heavy atom. The third kappa shape index (κ3) is 3.37. The Labute approximate surface area is 193 Å². The van der Waals surface area contributed by atoms with Gasteiger partial charge in [0.15, 0.2) is 0 Å². The monoisotopic (exact) mass is 436 g/mol. The van der Waals surface area contributed by atoms with E-state index in [1.165, 1.54) is 32.1 Å². The maximum atomic E-state index is 12.8. The van der Waals surface area contributed by atoms with Gasteiger partial charge in [-0.2, -0.15) is 0 Å². The fraction of sp³-hybridized carbons (Fsp3) is 0.724. The maximum absolute atomic E-state index is 12.8. The molecule has 1 aromatic carbocycles. The first-order valence-corrected chi connectivity index (χ1v) is 13.0. The summed E-state index contributed by atoms with van der Waals surface area (Å²) in [7, 11) is 0. The van der Waals surface area contributed by atoms with Gasteiger partial charge >= 0.3 is 5.97 Å². The second kappa shape index (κ2) is 7.71. The van der Waals surface area contributed by atoms with Gasteiger partial charge in [0.2, 0.25) is 0 Å². The summed E-state index contributed by atoms with van der Waals surface area (Å²) in [5.41, 5.74) is 0.862. The topological polar surface area (TPSA) is 43.4 Å². The number of hydrogen-bond acceptors (Lipinski definition) is 3. The Kier molecular flexibility index (Phi) is 5.34. The Hall–Kier alpha value is -1.64. The fourth-order valence-electron chi connectivity index (χ4n) is 9.03. The molecule has 0 bridgehead atoms. The van der Waals surface area contributed by atoms with Crippen LogP contribution in [0.4, 0.5) is 0 Å². The highest BCUT2D eigenvalue weighted by Crippen LogP contribution is 2.68. The number of rotatable bonds is 3. The number of fused-ring (bicyclic) bond motifs is 5. The highest BCUT2D eigenvalue weighted by Gasteiger charge is 2.61. The van der Waals surface area contributed by atoms with Crippen molar-refractivity contribution in [2.45, 2.75) is 91.1 Å². The summed E-state index contributed by atoms with van der Waals surface area (Å²) in [5.74, 6) is 3.40. The molecule has 4 fully saturated rings. The van der Waals surface area contributed by atoms with E-state index in [9.17, 15) is 9.59 Å². The first kappa shape index (κ1) is 22.2. The number of ether oxygens (including phenoxy) is 1. The minimum Gasteiger partial charge on any atom is -0.456 e. The van der Waals surface area contributed by atoms with Gasteiger partial charge in [-0.1, -0.05) is 32.0 Å². The molecule has 4 aliphatic carbocycles. The van der Waals surface area contributed by atoms with Gasteiger partial charge in [-0.05, 0) is 118 Å². The number of ketones is 1. The first-order valence-electron chi connectivity index (χ1n) is 13.0. The van der Waals surface area contributed by atoms with Gasteiger partial charge in [0, 0.05) is 5.92 Å². The number of benzene rings is 1. The third-order valence-corrected chi connectivity index (χ3v) is 10.8. The highest BCUT2D eigenvalue weighted by molar-refractivity contribution is 5.89. The van der Waals surface area contributed by atoms with Crippen LogP contribution in [0.5, 0.6) is 0 Å². The van der Waals surface area contributed by atoms with Crippen LogP contribution in [0.2, 0.25) is 0 Å². The average Bonchev–Trinajstić information content (AvgIpc) is 3.12. The van der Waals surface area contributed by atoms with Crippen LogP contribution in [0.1, 0.15) is 95.8 Å². The van der Waals surface area contributed by atoms with Crippen molar-refractivity contribution in [3.8, 4) is 0 Å². The Morgan fingerprint density at radius 3 is 2.28 bits per heavy atom. The molecule has 32 heavy (non-hydrogen) atoms. The summed E-state index contributed by atoms with van der Waals surface area (Å²) in [5, 5.41) is 0. The van der Waals surface area contributed by atoms with E-state index >= 15 is 0 Å². The van der Waals surface area contributed by atoms with Crippen LogP contribution in [0.3, 0.4) is 0 Å². The number of hydrogen-bond donors (Lipinski definition) is 0. The third-order valence-electron chi connectivity index (χ3n) is 10.8. The first-order chi connectivity index (χ1) is 15.2. The number of Topliss-reactive ketones (excluding diaryl/α,β-unsaturated/α-hetero) is 1. The van der Waals surface area contributed by atoms with Crippen molar-refractivity contribution in [3.05, 3.63) is 35.9 Å². The van der Waals surface area contributed by atoms with Crippen LogP contribution in [0.25, 0.3) is 0 Å². The zero-order valence-electron chi connectivity index (χ0n) is 20.4. The molecule has 4 saturated carbocycles. The van der Waals surface area contributed by atoms with E-state index in [0.717, 1.165) is 43.4 Å². The summed E-state index contributed by atoms with van der Waals surface area (Å²) >= 11 is 0. The van der Waals surface area contributed by atoms with Crippen LogP contribution in [-0.2, 0) is 9.53 Å². The summed E-state index contributed by atoms with van der Waals surface area (Å²) in [6.45, 7) is 8.96. The molecule has 1 aromatic rings. The highest BCUT2D eigenvalue weighted by atomic mass is 16.6. The maximum Gasteiger partial charge on any atom is 0.338 e. The zero-order chi connectivity index (χ0) is 22.7. The molecule has 0 radical (unpaired) electrons. The number of esters is 1. The molecular formula is C29H40O3. The van der Waals surface area contributed by atoms with Crippen LogP contribution < -0.4 is 0 Å². The van der Waals surface area contributed by atoms with E-state index in [2.05, 4.69) is 20.8 Å². The summed E-state index contributed by atoms with van der Waals surface area (Å²) < 4.78 is 6.14. The molecule has 0 N–H and O–H groups in total. The molecular weight excluding hydrogens is 396 g/mol. The van der Waals surface area contributed by atoms with Crippen molar-refractivity contribution in [1.82, 2.24) is 0 Å². The number of carbonyl (C=O) groups is 2. The minimum absolute atomic E-state index is 0.181. The molecule has 0 unspecified atom stereocenters. The van der Waals surface area contributed by atoms with Gasteiger partial charge in [0.1, 0.15) is 11.4 Å². The van der Waals surface area contributed by atoms with E-state index in [-0.39, 0.29) is 22.9 Å². The van der Waals surface area contributed by atoms with Gasteiger partial charge in [-0.15, -0.1) is 0 Å². The molecule has 0 aliphatic heterocycles. The Balaban J connectivity index is 1.32. The van der Waals surface area contributed by atoms with Crippen molar-refractivity contribution in [3.63, 3.8) is 0 Å². The van der Waals surface area contributed by atoms with E-state index in [0.29, 0.717) is 22.7 Å². The Morgan fingerprint density at radius 1 is 0.844 bits per heavy atom. The lowest BCUT2D eigenvalue weighted by Crippen LogP contribution is -2.56. The molecule has 0 aromatic heterocycles. The largest absolute Gasteiger partial charge is 0.456 e. The van der Waals surface area contributed by atoms with Crippen LogP contribution in [0, 0.1) is 40.4 Å². The van der Waals surface area contributed by atoms with Crippen LogP contribution >= 0.6 is 0 Å². The molecule has 0 saturated heterocycles. The lowest BCUT2D eigenvalue weighted by molar-refractivity contribution is -0.151. The van der Waals surface area contributed by atoms with Gasteiger partial charge in [-0.3, -0.25) is 4.79 Å². The molecule has 3 nitrogen and oxygen atoms in total. The molecule has 5 rings (SSSR count). The van der Waals surface area contributed by atoms with Gasteiger partial charge in [-0.25, -0.2) is 4.79 Å². The summed E-state index contributed by atoms with van der Waals surface area (Å²) in [6, 6.07) is 9.42. The predicted octanol–water partition coefficient (Wildman–Crippen LogP) is 6.85. The van der Waals surface area contributed by atoms with Crippen molar-refractivity contribution >= 4 is 11.8 Å². The predicted molar refractivity (Wildman–Crippen MR) is 126 cm³/mol. The van der Waals surface area contributed by atoms with Crippen molar-refractivity contribution in [2.75, 3.05) is 0 Å². The lowest BCUT2D eigenvalue weighted by atomic mass is 9.44. The molecule has 8 atom stereocenters. The summed E-state index contributed by atoms with van der Waals surface area (Å²) in [6.07, 6.45) is 10.5. The van der Waals surface area contributed by atoms with Gasteiger partial charge in [0.25, 0.3) is 0 Å². The average molecular weight is 437 g/mol. The molecule has 0 spiro atoms. The van der Waals surface area contributed by atoms with E-state index in [4.69, 9.17) is 4.74 Å².